The van der Waals surface area contributed by atoms with Gasteiger partial charge in [0, 0.05) is 22.9 Å². The summed E-state index contributed by atoms with van der Waals surface area (Å²) in [5.74, 6) is -0.241. The molecular weight excluding hydrogens is 250 g/mol. The maximum Gasteiger partial charge on any atom is 0.248 e. The van der Waals surface area contributed by atoms with Crippen LogP contribution in [-0.4, -0.2) is 10.8 Å². The van der Waals surface area contributed by atoms with Crippen molar-refractivity contribution in [2.45, 2.75) is 12.8 Å². The first kappa shape index (κ1) is 11.5. The minimum Gasteiger partial charge on any atom is -0.319 e. The van der Waals surface area contributed by atoms with Crippen LogP contribution in [0.15, 0.2) is 40.2 Å². The highest BCUT2D eigenvalue weighted by molar-refractivity contribution is 6.30. The predicted octanol–water partition coefficient (Wildman–Crippen LogP) is 2.43. The summed E-state index contributed by atoms with van der Waals surface area (Å²) in [6, 6.07) is 3.21. The van der Waals surface area contributed by atoms with Gasteiger partial charge < -0.3 is 4.98 Å². The Hall–Kier alpha value is -1.61. The zero-order valence-corrected chi connectivity index (χ0v) is 10.4. The molecule has 1 aromatic heterocycles. The fourth-order valence-electron chi connectivity index (χ4n) is 2.69. The number of Topliss-reactive ketones (excluding diaryl/α,β-unsaturated/α-hetero) is 1. The molecule has 2 unspecified atom stereocenters. The molecule has 0 amide bonds. The van der Waals surface area contributed by atoms with Gasteiger partial charge in [0.25, 0.3) is 0 Å². The van der Waals surface area contributed by atoms with Gasteiger partial charge in [-0.1, -0.05) is 29.8 Å². The van der Waals surface area contributed by atoms with E-state index in [1.807, 2.05) is 18.2 Å². The third-order valence-electron chi connectivity index (χ3n) is 3.64. The Bertz CT molecular complexity index is 627. The number of hydrogen-bond acceptors (Lipinski definition) is 2. The van der Waals surface area contributed by atoms with Crippen molar-refractivity contribution in [2.24, 2.45) is 11.8 Å². The number of fused-ring (bicyclic) bond motifs is 2. The van der Waals surface area contributed by atoms with Gasteiger partial charge >= 0.3 is 0 Å². The van der Waals surface area contributed by atoms with Gasteiger partial charge in [0.1, 0.15) is 0 Å². The van der Waals surface area contributed by atoms with Gasteiger partial charge in [-0.15, -0.1) is 0 Å². The lowest BCUT2D eigenvalue weighted by atomic mass is 9.83. The number of hydrogen-bond donors (Lipinski definition) is 1. The number of H-pyrrole nitrogens is 1. The van der Waals surface area contributed by atoms with Gasteiger partial charge in [0.2, 0.25) is 5.56 Å². The molecule has 0 saturated carbocycles. The molecule has 3 nitrogen and oxygen atoms in total. The Labute approximate surface area is 109 Å². The summed E-state index contributed by atoms with van der Waals surface area (Å²) in [6.07, 6.45) is 7.12. The summed E-state index contributed by atoms with van der Waals surface area (Å²) in [5.41, 5.74) is 1.12. The van der Waals surface area contributed by atoms with Crippen LogP contribution in [0.5, 0.6) is 0 Å². The number of nitrogens with one attached hydrogen (secondary N) is 1. The molecule has 3 rings (SSSR count). The number of rotatable bonds is 0. The van der Waals surface area contributed by atoms with E-state index in [9.17, 15) is 9.59 Å². The predicted molar refractivity (Wildman–Crippen MR) is 69.8 cm³/mol. The smallest absolute Gasteiger partial charge is 0.248 e. The molecule has 2 aliphatic carbocycles. The molecule has 0 fully saturated rings. The fraction of sp³-hybridized carbons (Fsp3) is 0.286. The Morgan fingerprint density at radius 2 is 2.11 bits per heavy atom. The highest BCUT2D eigenvalue weighted by Gasteiger charge is 2.34. The number of pyridine rings is 1. The molecule has 0 bridgehead atoms. The normalized spacial score (nSPS) is 26.1. The molecule has 92 valence electrons. The topological polar surface area (TPSA) is 49.9 Å². The summed E-state index contributed by atoms with van der Waals surface area (Å²) < 4.78 is 0. The third kappa shape index (κ3) is 1.75. The number of aryl methyl sites for hydroxylation is 1. The van der Waals surface area contributed by atoms with Crippen LogP contribution in [0, 0.1) is 11.8 Å². The van der Waals surface area contributed by atoms with Gasteiger partial charge in [-0.3, -0.25) is 9.59 Å². The van der Waals surface area contributed by atoms with E-state index in [2.05, 4.69) is 4.98 Å². The van der Waals surface area contributed by atoms with Gasteiger partial charge in [0.05, 0.1) is 5.69 Å². The summed E-state index contributed by atoms with van der Waals surface area (Å²) in [5, 5.41) is 0.728. The number of carbonyl (C=O) groups excluding carboxylic acids is 1. The molecule has 0 aromatic carbocycles. The lowest BCUT2D eigenvalue weighted by molar-refractivity contribution is 0.0917. The van der Waals surface area contributed by atoms with Crippen LogP contribution in [0.3, 0.4) is 0 Å². The maximum atomic E-state index is 12.5. The number of halogens is 1. The highest BCUT2D eigenvalue weighted by Crippen LogP contribution is 2.37. The second kappa shape index (κ2) is 4.25. The van der Waals surface area contributed by atoms with Gasteiger partial charge in [-0.2, -0.15) is 0 Å². The van der Waals surface area contributed by atoms with E-state index in [4.69, 9.17) is 11.6 Å². The van der Waals surface area contributed by atoms with Gasteiger partial charge in [-0.25, -0.2) is 0 Å². The zero-order chi connectivity index (χ0) is 12.7. The minimum absolute atomic E-state index is 0.0345. The largest absolute Gasteiger partial charge is 0.319 e. The van der Waals surface area contributed by atoms with Crippen molar-refractivity contribution in [3.05, 3.63) is 57.0 Å². The molecule has 2 atom stereocenters. The number of carbonyl (C=O) groups is 1. The summed E-state index contributed by atoms with van der Waals surface area (Å²) >= 11 is 6.19. The molecule has 18 heavy (non-hydrogen) atoms. The van der Waals surface area contributed by atoms with Crippen LogP contribution in [0.1, 0.15) is 22.5 Å². The van der Waals surface area contributed by atoms with E-state index in [1.54, 1.807) is 6.07 Å². The Morgan fingerprint density at radius 1 is 1.28 bits per heavy atom. The summed E-state index contributed by atoms with van der Waals surface area (Å²) in [7, 11) is 0. The first-order chi connectivity index (χ1) is 8.66. The fourth-order valence-corrected chi connectivity index (χ4v) is 3.01. The Morgan fingerprint density at radius 3 is 2.94 bits per heavy atom. The molecule has 0 radical (unpaired) electrons. The van der Waals surface area contributed by atoms with Crippen LogP contribution < -0.4 is 5.56 Å². The van der Waals surface area contributed by atoms with E-state index < -0.39 is 0 Å². The average Bonchev–Trinajstić information content (AvgIpc) is 2.50. The molecule has 4 heteroatoms. The first-order valence-electron chi connectivity index (χ1n) is 5.97. The molecule has 0 saturated heterocycles. The van der Waals surface area contributed by atoms with E-state index in [0.717, 1.165) is 23.4 Å². The van der Waals surface area contributed by atoms with Gasteiger partial charge in [-0.05, 0) is 24.5 Å². The third-order valence-corrected chi connectivity index (χ3v) is 4.05. The number of aromatic nitrogens is 1. The van der Waals surface area contributed by atoms with Crippen molar-refractivity contribution >= 4 is 17.4 Å². The zero-order valence-electron chi connectivity index (χ0n) is 9.65. The van der Waals surface area contributed by atoms with Crippen molar-refractivity contribution in [3.63, 3.8) is 0 Å². The van der Waals surface area contributed by atoms with Crippen molar-refractivity contribution in [1.29, 1.82) is 0 Å². The molecule has 0 spiro atoms. The highest BCUT2D eigenvalue weighted by atomic mass is 35.5. The Balaban J connectivity index is 2.11. The second-order valence-electron chi connectivity index (χ2n) is 4.69. The van der Waals surface area contributed by atoms with Crippen LogP contribution >= 0.6 is 11.6 Å². The van der Waals surface area contributed by atoms with Crippen molar-refractivity contribution in [1.82, 2.24) is 4.98 Å². The van der Waals surface area contributed by atoms with Crippen molar-refractivity contribution < 1.29 is 4.79 Å². The molecule has 2 aliphatic rings. The maximum absolute atomic E-state index is 12.5. The van der Waals surface area contributed by atoms with E-state index in [0.29, 0.717) is 5.69 Å². The molecular formula is C14H12ClNO2. The van der Waals surface area contributed by atoms with Crippen molar-refractivity contribution in [2.75, 3.05) is 0 Å². The van der Waals surface area contributed by atoms with E-state index in [1.165, 1.54) is 6.07 Å². The lowest BCUT2D eigenvalue weighted by Crippen LogP contribution is -2.24. The monoisotopic (exact) mass is 261 g/mol. The summed E-state index contributed by atoms with van der Waals surface area (Å²) in [4.78, 5) is 26.5. The lowest BCUT2D eigenvalue weighted by Gasteiger charge is -2.23. The van der Waals surface area contributed by atoms with Crippen molar-refractivity contribution in [3.8, 4) is 0 Å². The second-order valence-corrected chi connectivity index (χ2v) is 5.13. The minimum atomic E-state index is -0.248. The molecule has 1 heterocycles. The van der Waals surface area contributed by atoms with Gasteiger partial charge in [0.15, 0.2) is 5.78 Å². The number of ketones is 1. The first-order valence-corrected chi connectivity index (χ1v) is 6.35. The van der Waals surface area contributed by atoms with Crippen LogP contribution in [-0.2, 0) is 6.42 Å². The standard InChI is InChI=1S/C14H12ClNO2/c15-11-3-1-2-10-9(11)6-4-8-5-7-12(17)16-13(8)14(10)18/h1-3,5,7,9-10H,4,6H2,(H,16,17). The number of allylic oxidation sites excluding steroid dienone is 4. The average molecular weight is 262 g/mol. The number of aromatic amines is 1. The molecule has 1 aromatic rings. The van der Waals surface area contributed by atoms with Crippen LogP contribution in [0.25, 0.3) is 0 Å². The quantitative estimate of drug-likeness (QED) is 0.780. The SMILES string of the molecule is O=C1c2[nH]c(=O)ccc2CCC2C(Cl)=CC=CC12. The summed E-state index contributed by atoms with van der Waals surface area (Å²) in [6.45, 7) is 0. The van der Waals surface area contributed by atoms with Crippen LogP contribution in [0.4, 0.5) is 0 Å². The van der Waals surface area contributed by atoms with Crippen LogP contribution in [0.2, 0.25) is 0 Å². The molecule has 1 N–H and O–H groups in total. The van der Waals surface area contributed by atoms with E-state index >= 15 is 0 Å². The van der Waals surface area contributed by atoms with E-state index in [-0.39, 0.29) is 23.2 Å². The molecule has 0 aliphatic heterocycles. The Kier molecular flexibility index (Phi) is 2.71.